The highest BCUT2D eigenvalue weighted by molar-refractivity contribution is 7.92. The Kier molecular flexibility index (Phi) is 12.1. The highest BCUT2D eigenvalue weighted by atomic mass is 32.2. The van der Waals surface area contributed by atoms with Crippen molar-refractivity contribution in [3.63, 3.8) is 0 Å². The molecule has 0 radical (unpaired) electrons. The van der Waals surface area contributed by atoms with Crippen LogP contribution in [0.15, 0.2) is 114 Å². The molecule has 0 bridgehead atoms. The molecule has 0 heterocycles. The van der Waals surface area contributed by atoms with Crippen LogP contribution in [-0.4, -0.2) is 44.3 Å². The van der Waals surface area contributed by atoms with Gasteiger partial charge in [0.25, 0.3) is 10.0 Å². The van der Waals surface area contributed by atoms with Gasteiger partial charge in [0.2, 0.25) is 11.8 Å². The number of nitrogens with zero attached hydrogens (tertiary/aromatic N) is 2. The summed E-state index contributed by atoms with van der Waals surface area (Å²) in [5, 5.41) is 3.03. The second-order valence-electron chi connectivity index (χ2n) is 11.9. The minimum Gasteiger partial charge on any atom is -0.354 e. The van der Waals surface area contributed by atoms with Crippen molar-refractivity contribution in [2.75, 3.05) is 17.4 Å². The molecule has 8 heteroatoms. The van der Waals surface area contributed by atoms with E-state index < -0.39 is 28.5 Å². The van der Waals surface area contributed by atoms with E-state index in [-0.39, 0.29) is 29.7 Å². The molecule has 1 N–H and O–H groups in total. The Morgan fingerprint density at radius 3 is 1.98 bits per heavy atom. The summed E-state index contributed by atoms with van der Waals surface area (Å²) in [6.45, 7) is 8.33. The Labute approximate surface area is 274 Å². The number of benzene rings is 4. The first-order valence-electron chi connectivity index (χ1n) is 15.9. The average molecular weight is 640 g/mol. The van der Waals surface area contributed by atoms with Gasteiger partial charge in [0.05, 0.1) is 10.6 Å². The first-order valence-corrected chi connectivity index (χ1v) is 17.4. The largest absolute Gasteiger partial charge is 0.354 e. The van der Waals surface area contributed by atoms with Crippen molar-refractivity contribution in [2.24, 2.45) is 0 Å². The molecule has 0 saturated heterocycles. The zero-order valence-electron chi connectivity index (χ0n) is 27.2. The van der Waals surface area contributed by atoms with Crippen LogP contribution in [0.1, 0.15) is 61.8 Å². The molecule has 4 aromatic rings. The molecule has 1 unspecified atom stereocenters. The summed E-state index contributed by atoms with van der Waals surface area (Å²) in [5.74, 6) is -0.485. The Hall–Kier alpha value is -4.43. The van der Waals surface area contributed by atoms with Gasteiger partial charge in [0, 0.05) is 19.5 Å². The summed E-state index contributed by atoms with van der Waals surface area (Å²) < 4.78 is 29.5. The lowest BCUT2D eigenvalue weighted by atomic mass is 10.0. The first kappa shape index (κ1) is 34.4. The summed E-state index contributed by atoms with van der Waals surface area (Å²) in [6, 6.07) is 31.9. The van der Waals surface area contributed by atoms with Crippen LogP contribution in [0, 0.1) is 6.92 Å². The van der Waals surface area contributed by atoms with E-state index in [1.165, 1.54) is 17.0 Å². The second kappa shape index (κ2) is 16.2. The summed E-state index contributed by atoms with van der Waals surface area (Å²) in [6.07, 6.45) is 2.01. The molecule has 0 aliphatic carbocycles. The third-order valence-electron chi connectivity index (χ3n) is 8.03. The SMILES string of the molecule is CCCCNC(=O)C(Cc1ccccc1)N(Cc1ccc(C)cc1)C(=O)CN(c1ccc(C(C)C)cc1)S(=O)(=O)c1ccccc1. The molecule has 0 saturated carbocycles. The molecule has 46 heavy (non-hydrogen) atoms. The van der Waals surface area contributed by atoms with Gasteiger partial charge in [-0.05, 0) is 60.2 Å². The van der Waals surface area contributed by atoms with Crippen LogP contribution < -0.4 is 9.62 Å². The van der Waals surface area contributed by atoms with Crippen LogP contribution in [0.5, 0.6) is 0 Å². The predicted molar refractivity (Wildman–Crippen MR) is 185 cm³/mol. The van der Waals surface area contributed by atoms with Crippen molar-refractivity contribution in [1.29, 1.82) is 0 Å². The molecular weight excluding hydrogens is 595 g/mol. The molecule has 1 atom stereocenters. The smallest absolute Gasteiger partial charge is 0.264 e. The molecule has 0 aromatic heterocycles. The number of carbonyl (C=O) groups is 2. The standard InChI is InChI=1S/C38H45N3O4S/c1-5-6-25-39-38(43)36(26-31-13-9-7-10-14-31)40(27-32-19-17-30(4)18-20-32)37(42)28-41(34-23-21-33(22-24-34)29(2)3)46(44,45)35-15-11-8-12-16-35/h7-24,29,36H,5-6,25-28H2,1-4H3,(H,39,43). The topological polar surface area (TPSA) is 86.8 Å². The Morgan fingerprint density at radius 1 is 0.783 bits per heavy atom. The van der Waals surface area contributed by atoms with Crippen LogP contribution in [0.25, 0.3) is 0 Å². The number of unbranched alkanes of at least 4 members (excludes halogenated alkanes) is 1. The zero-order chi connectivity index (χ0) is 33.1. The van der Waals surface area contributed by atoms with Crippen molar-refractivity contribution < 1.29 is 18.0 Å². The number of rotatable bonds is 15. The highest BCUT2D eigenvalue weighted by Gasteiger charge is 2.34. The van der Waals surface area contributed by atoms with Crippen molar-refractivity contribution in [3.8, 4) is 0 Å². The number of nitrogens with one attached hydrogen (secondary N) is 1. The predicted octanol–water partition coefficient (Wildman–Crippen LogP) is 6.87. The lowest BCUT2D eigenvalue weighted by Crippen LogP contribution is -2.53. The number of amides is 2. The van der Waals surface area contributed by atoms with Gasteiger partial charge < -0.3 is 10.2 Å². The van der Waals surface area contributed by atoms with Gasteiger partial charge in [-0.2, -0.15) is 0 Å². The van der Waals surface area contributed by atoms with Gasteiger partial charge in [-0.15, -0.1) is 0 Å². The number of carbonyl (C=O) groups excluding carboxylic acids is 2. The minimum absolute atomic E-state index is 0.0824. The van der Waals surface area contributed by atoms with E-state index in [1.54, 1.807) is 30.3 Å². The van der Waals surface area contributed by atoms with Crippen molar-refractivity contribution >= 4 is 27.5 Å². The van der Waals surface area contributed by atoms with E-state index in [2.05, 4.69) is 26.1 Å². The van der Waals surface area contributed by atoms with Gasteiger partial charge in [-0.1, -0.05) is 118 Å². The summed E-state index contributed by atoms with van der Waals surface area (Å²) in [7, 11) is -4.13. The van der Waals surface area contributed by atoms with Crippen molar-refractivity contribution in [2.45, 2.75) is 70.4 Å². The Morgan fingerprint density at radius 2 is 1.39 bits per heavy atom. The molecule has 4 aromatic carbocycles. The summed E-state index contributed by atoms with van der Waals surface area (Å²) >= 11 is 0. The quantitative estimate of drug-likeness (QED) is 0.144. The van der Waals surface area contributed by atoms with E-state index in [1.807, 2.05) is 73.7 Å². The third-order valence-corrected chi connectivity index (χ3v) is 9.82. The molecule has 0 aliphatic rings. The molecule has 4 rings (SSSR count). The maximum Gasteiger partial charge on any atom is 0.264 e. The molecule has 0 spiro atoms. The van der Waals surface area contributed by atoms with Crippen LogP contribution in [-0.2, 0) is 32.6 Å². The fraction of sp³-hybridized carbons (Fsp3) is 0.316. The first-order chi connectivity index (χ1) is 22.1. The summed E-state index contributed by atoms with van der Waals surface area (Å²) in [5.41, 5.74) is 4.25. The fourth-order valence-corrected chi connectivity index (χ4v) is 6.66. The molecule has 242 valence electrons. The van der Waals surface area contributed by atoms with E-state index in [9.17, 15) is 18.0 Å². The van der Waals surface area contributed by atoms with Gasteiger partial charge in [0.1, 0.15) is 12.6 Å². The van der Waals surface area contributed by atoms with Crippen LogP contribution >= 0.6 is 0 Å². The highest BCUT2D eigenvalue weighted by Crippen LogP contribution is 2.27. The Bertz CT molecular complexity index is 1660. The maximum absolute atomic E-state index is 14.6. The normalized spacial score (nSPS) is 12.0. The van der Waals surface area contributed by atoms with Crippen molar-refractivity contribution in [3.05, 3.63) is 131 Å². The monoisotopic (exact) mass is 639 g/mol. The van der Waals surface area contributed by atoms with Gasteiger partial charge >= 0.3 is 0 Å². The number of sulfonamides is 1. The molecule has 0 fully saturated rings. The molecular formula is C38H45N3O4S. The van der Waals surface area contributed by atoms with E-state index >= 15 is 0 Å². The minimum atomic E-state index is -4.13. The zero-order valence-corrected chi connectivity index (χ0v) is 28.0. The maximum atomic E-state index is 14.6. The summed E-state index contributed by atoms with van der Waals surface area (Å²) in [4.78, 5) is 30.0. The van der Waals surface area contributed by atoms with Crippen LogP contribution in [0.3, 0.4) is 0 Å². The second-order valence-corrected chi connectivity index (χ2v) is 13.8. The van der Waals surface area contributed by atoms with E-state index in [4.69, 9.17) is 0 Å². The fourth-order valence-electron chi connectivity index (χ4n) is 5.22. The van der Waals surface area contributed by atoms with Crippen LogP contribution in [0.4, 0.5) is 5.69 Å². The lowest BCUT2D eigenvalue weighted by Gasteiger charge is -2.34. The van der Waals surface area contributed by atoms with Gasteiger partial charge in [-0.25, -0.2) is 8.42 Å². The third kappa shape index (κ3) is 9.07. The average Bonchev–Trinajstić information content (AvgIpc) is 3.07. The molecule has 2 amide bonds. The number of hydrogen-bond acceptors (Lipinski definition) is 4. The number of hydrogen-bond donors (Lipinski definition) is 1. The number of aryl methyl sites for hydroxylation is 1. The molecule has 7 nitrogen and oxygen atoms in total. The van der Waals surface area contributed by atoms with E-state index in [0.717, 1.165) is 39.4 Å². The van der Waals surface area contributed by atoms with Gasteiger partial charge in [0.15, 0.2) is 0 Å². The molecule has 0 aliphatic heterocycles. The van der Waals surface area contributed by atoms with E-state index in [0.29, 0.717) is 12.2 Å². The number of anilines is 1. The van der Waals surface area contributed by atoms with Crippen molar-refractivity contribution in [1.82, 2.24) is 10.2 Å². The lowest BCUT2D eigenvalue weighted by molar-refractivity contribution is -0.140. The van der Waals surface area contributed by atoms with Crippen LogP contribution in [0.2, 0.25) is 0 Å². The van der Waals surface area contributed by atoms with Gasteiger partial charge in [-0.3, -0.25) is 13.9 Å². The Balaban J connectivity index is 1.78.